The van der Waals surface area contributed by atoms with Crippen molar-refractivity contribution in [3.63, 3.8) is 0 Å². The van der Waals surface area contributed by atoms with Crippen molar-refractivity contribution in [1.29, 1.82) is 0 Å². The maximum atomic E-state index is 12.5. The van der Waals surface area contributed by atoms with E-state index in [0.29, 0.717) is 0 Å². The number of carbonyl (C=O) groups is 2. The topological polar surface area (TPSA) is 61.4 Å². The smallest absolute Gasteiger partial charge is 0.265 e. The van der Waals surface area contributed by atoms with Gasteiger partial charge >= 0.3 is 0 Å². The first-order valence-corrected chi connectivity index (χ1v) is 9.12. The molecule has 0 saturated carbocycles. The van der Waals surface area contributed by atoms with Crippen molar-refractivity contribution in [2.24, 2.45) is 0 Å². The molecule has 1 fully saturated rings. The van der Waals surface area contributed by atoms with Gasteiger partial charge in [0.15, 0.2) is 5.11 Å². The molecule has 8 heteroatoms. The second-order valence-electron chi connectivity index (χ2n) is 4.63. The summed E-state index contributed by atoms with van der Waals surface area (Å²) in [6.45, 7) is 3.85. The van der Waals surface area contributed by atoms with Gasteiger partial charge in [0, 0.05) is 20.7 Å². The molecule has 0 radical (unpaired) electrons. The minimum Gasteiger partial charge on any atom is -0.386 e. The molecule has 2 amide bonds. The molecule has 0 aromatic heterocycles. The summed E-state index contributed by atoms with van der Waals surface area (Å²) in [5.74, 6) is -0.899. The summed E-state index contributed by atoms with van der Waals surface area (Å²) in [4.78, 5) is 25.9. The Labute approximate surface area is 166 Å². The first-order chi connectivity index (χ1) is 10.9. The van der Waals surface area contributed by atoms with Gasteiger partial charge in [-0.25, -0.2) is 0 Å². The Kier molecular flexibility index (Phi) is 6.14. The first kappa shape index (κ1) is 18.3. The molecule has 1 aromatic carbocycles. The number of anilines is 1. The van der Waals surface area contributed by atoms with E-state index in [2.05, 4.69) is 62.4 Å². The number of halogens is 2. The van der Waals surface area contributed by atoms with Crippen molar-refractivity contribution < 1.29 is 9.59 Å². The molecule has 0 unspecified atom stereocenters. The number of benzene rings is 1. The number of nitrogens with one attached hydrogen (secondary N) is 2. The third-order valence-corrected chi connectivity index (χ3v) is 5.15. The van der Waals surface area contributed by atoms with E-state index in [0.717, 1.165) is 18.4 Å². The Morgan fingerprint density at radius 2 is 1.96 bits per heavy atom. The second kappa shape index (κ2) is 7.71. The van der Waals surface area contributed by atoms with Crippen LogP contribution in [0.15, 0.2) is 30.4 Å². The van der Waals surface area contributed by atoms with Crippen LogP contribution in [-0.2, 0) is 9.59 Å². The molecule has 5 nitrogen and oxygen atoms in total. The lowest BCUT2D eigenvalue weighted by Gasteiger charge is -2.27. The minimum atomic E-state index is -0.483. The largest absolute Gasteiger partial charge is 0.386 e. The van der Waals surface area contributed by atoms with E-state index < -0.39 is 11.8 Å². The Balaban J connectivity index is 2.45. The average molecular weight is 553 g/mol. The summed E-state index contributed by atoms with van der Waals surface area (Å²) in [6, 6.07) is 3.82. The Morgan fingerprint density at radius 1 is 1.35 bits per heavy atom. The highest BCUT2D eigenvalue weighted by Gasteiger charge is 2.32. The van der Waals surface area contributed by atoms with Crippen LogP contribution in [0.3, 0.4) is 0 Å². The molecule has 1 aromatic rings. The molecule has 1 aliphatic heterocycles. The van der Waals surface area contributed by atoms with Crippen molar-refractivity contribution in [2.45, 2.75) is 0 Å². The highest BCUT2D eigenvalue weighted by molar-refractivity contribution is 14.1. The van der Waals surface area contributed by atoms with E-state index in [4.69, 9.17) is 12.2 Å². The second-order valence-corrected chi connectivity index (χ2v) is 7.34. The van der Waals surface area contributed by atoms with Gasteiger partial charge in [0.1, 0.15) is 5.57 Å². The molecule has 120 valence electrons. The van der Waals surface area contributed by atoms with Crippen LogP contribution in [0, 0.1) is 7.14 Å². The van der Waals surface area contributed by atoms with Crippen LogP contribution in [0.25, 0.3) is 6.08 Å². The van der Waals surface area contributed by atoms with Gasteiger partial charge in [0.25, 0.3) is 11.8 Å². The standard InChI is InChI=1S/C15H13I2N3O2S/c1-3-4-20-14(22)9(13(21)19-15(20)23)5-8-6-10(16)12(18-2)11(17)7-8/h3,5-7,18H,1,4H2,2H3,(H,19,21,23)/b9-5+. The van der Waals surface area contributed by atoms with E-state index >= 15 is 0 Å². The molecular formula is C15H13I2N3O2S. The van der Waals surface area contributed by atoms with E-state index in [1.54, 1.807) is 12.2 Å². The summed E-state index contributed by atoms with van der Waals surface area (Å²) in [6.07, 6.45) is 3.15. The fourth-order valence-electron chi connectivity index (χ4n) is 2.07. The Bertz CT molecular complexity index is 723. The normalized spacial score (nSPS) is 16.6. The molecule has 2 N–H and O–H groups in total. The Hall–Kier alpha value is -1.01. The monoisotopic (exact) mass is 553 g/mol. The molecule has 0 atom stereocenters. The fourth-order valence-corrected chi connectivity index (χ4v) is 4.68. The third-order valence-electron chi connectivity index (χ3n) is 3.12. The van der Waals surface area contributed by atoms with Crippen LogP contribution < -0.4 is 10.6 Å². The third kappa shape index (κ3) is 3.91. The number of nitrogens with zero attached hydrogens (tertiary/aromatic N) is 1. The van der Waals surface area contributed by atoms with E-state index in [1.165, 1.54) is 4.90 Å². The summed E-state index contributed by atoms with van der Waals surface area (Å²) in [5, 5.41) is 5.76. The van der Waals surface area contributed by atoms with E-state index in [1.807, 2.05) is 19.2 Å². The van der Waals surface area contributed by atoms with Gasteiger partial charge in [0.05, 0.1) is 5.69 Å². The van der Waals surface area contributed by atoms with Crippen LogP contribution in [0.2, 0.25) is 0 Å². The number of hydrogen-bond donors (Lipinski definition) is 2. The van der Waals surface area contributed by atoms with Gasteiger partial charge in [0.2, 0.25) is 0 Å². The summed E-state index contributed by atoms with van der Waals surface area (Å²) >= 11 is 9.45. The highest BCUT2D eigenvalue weighted by atomic mass is 127. The maximum absolute atomic E-state index is 12.5. The zero-order valence-electron chi connectivity index (χ0n) is 12.2. The minimum absolute atomic E-state index is 0.0595. The van der Waals surface area contributed by atoms with Crippen LogP contribution >= 0.6 is 57.4 Å². The van der Waals surface area contributed by atoms with Gasteiger partial charge in [-0.2, -0.15) is 0 Å². The van der Waals surface area contributed by atoms with Gasteiger partial charge in [-0.3, -0.25) is 19.8 Å². The fraction of sp³-hybridized carbons (Fsp3) is 0.133. The molecule has 0 spiro atoms. The lowest BCUT2D eigenvalue weighted by atomic mass is 10.1. The van der Waals surface area contributed by atoms with E-state index in [-0.39, 0.29) is 17.2 Å². The molecule has 0 bridgehead atoms. The number of carbonyl (C=O) groups excluding carboxylic acids is 2. The molecule has 2 rings (SSSR count). The molecule has 1 aliphatic rings. The molecule has 0 aliphatic carbocycles. The molecule has 1 heterocycles. The first-order valence-electron chi connectivity index (χ1n) is 6.55. The highest BCUT2D eigenvalue weighted by Crippen LogP contribution is 2.27. The summed E-state index contributed by atoms with van der Waals surface area (Å²) in [7, 11) is 1.85. The van der Waals surface area contributed by atoms with E-state index in [9.17, 15) is 9.59 Å². The quantitative estimate of drug-likeness (QED) is 0.198. The van der Waals surface area contributed by atoms with Crippen molar-refractivity contribution in [1.82, 2.24) is 10.2 Å². The van der Waals surface area contributed by atoms with Gasteiger partial charge < -0.3 is 5.32 Å². The van der Waals surface area contributed by atoms with Crippen LogP contribution in [0.4, 0.5) is 5.69 Å². The molecule has 1 saturated heterocycles. The van der Waals surface area contributed by atoms with Crippen LogP contribution in [-0.4, -0.2) is 35.4 Å². The number of amides is 2. The van der Waals surface area contributed by atoms with Crippen LogP contribution in [0.5, 0.6) is 0 Å². The maximum Gasteiger partial charge on any atom is 0.265 e. The van der Waals surface area contributed by atoms with Crippen molar-refractivity contribution >= 4 is 86.1 Å². The Morgan fingerprint density at radius 3 is 2.48 bits per heavy atom. The van der Waals surface area contributed by atoms with Crippen LogP contribution in [0.1, 0.15) is 5.56 Å². The zero-order valence-corrected chi connectivity index (χ0v) is 17.3. The zero-order chi connectivity index (χ0) is 17.1. The number of thiocarbonyl (C=S) groups is 1. The number of rotatable bonds is 4. The molecular weight excluding hydrogens is 540 g/mol. The average Bonchev–Trinajstić information content (AvgIpc) is 2.47. The molecule has 23 heavy (non-hydrogen) atoms. The SMILES string of the molecule is C=CCN1C(=O)/C(=C/c2cc(I)c(NC)c(I)c2)C(=O)NC1=S. The summed E-state index contributed by atoms with van der Waals surface area (Å²) < 4.78 is 2.01. The van der Waals surface area contributed by atoms with Gasteiger partial charge in [-0.05, 0) is 81.2 Å². The number of hydrogen-bond acceptors (Lipinski definition) is 4. The van der Waals surface area contributed by atoms with Crippen molar-refractivity contribution in [2.75, 3.05) is 18.9 Å². The lowest BCUT2D eigenvalue weighted by Crippen LogP contribution is -2.53. The lowest BCUT2D eigenvalue weighted by molar-refractivity contribution is -0.128. The van der Waals surface area contributed by atoms with Gasteiger partial charge in [-0.1, -0.05) is 6.08 Å². The predicted octanol–water partition coefficient (Wildman–Crippen LogP) is 2.75. The predicted molar refractivity (Wildman–Crippen MR) is 112 cm³/mol. The van der Waals surface area contributed by atoms with Gasteiger partial charge in [-0.15, -0.1) is 6.58 Å². The van der Waals surface area contributed by atoms with Crippen molar-refractivity contribution in [3.8, 4) is 0 Å². The van der Waals surface area contributed by atoms with Crippen molar-refractivity contribution in [3.05, 3.63) is 43.1 Å². The summed E-state index contributed by atoms with van der Waals surface area (Å²) in [5.41, 5.74) is 1.86.